The van der Waals surface area contributed by atoms with Gasteiger partial charge in [0.2, 0.25) is 5.91 Å². The lowest BCUT2D eigenvalue weighted by Gasteiger charge is -2.10. The number of amides is 2. The van der Waals surface area contributed by atoms with Crippen molar-refractivity contribution < 1.29 is 9.59 Å². The molecular formula is C13H19BrN4O2. The number of aromatic nitrogens is 1. The fraction of sp³-hybridized carbons (Fsp3) is 0.462. The van der Waals surface area contributed by atoms with E-state index >= 15 is 0 Å². The molecule has 0 spiro atoms. The van der Waals surface area contributed by atoms with Crippen LogP contribution >= 0.6 is 15.9 Å². The van der Waals surface area contributed by atoms with E-state index in [2.05, 4.69) is 31.5 Å². The van der Waals surface area contributed by atoms with Crippen molar-refractivity contribution in [1.29, 1.82) is 0 Å². The predicted molar refractivity (Wildman–Crippen MR) is 81.5 cm³/mol. The highest BCUT2D eigenvalue weighted by atomic mass is 79.9. The van der Waals surface area contributed by atoms with Crippen LogP contribution in [-0.4, -0.2) is 29.9 Å². The first-order chi connectivity index (χ1) is 9.54. The molecule has 0 aromatic carbocycles. The number of primary amides is 1. The van der Waals surface area contributed by atoms with Crippen molar-refractivity contribution >= 4 is 33.6 Å². The zero-order valence-electron chi connectivity index (χ0n) is 11.4. The van der Waals surface area contributed by atoms with Gasteiger partial charge in [-0.25, -0.2) is 4.98 Å². The van der Waals surface area contributed by atoms with Gasteiger partial charge in [0.05, 0.1) is 5.56 Å². The van der Waals surface area contributed by atoms with Gasteiger partial charge in [-0.3, -0.25) is 9.59 Å². The molecule has 0 saturated heterocycles. The Morgan fingerprint density at radius 1 is 1.40 bits per heavy atom. The van der Waals surface area contributed by atoms with Crippen molar-refractivity contribution in [3.05, 3.63) is 22.3 Å². The standard InChI is InChI=1S/C13H19BrN4O2/c1-2-16-12-10(7-9(14)8-18-12)13(20)17-6-4-3-5-11(15)19/h7-8H,2-6H2,1H3,(H2,15,19)(H,16,18)(H,17,20). The minimum Gasteiger partial charge on any atom is -0.370 e. The molecule has 0 aliphatic carbocycles. The number of unbranched alkanes of at least 4 members (excludes halogenated alkanes) is 1. The Bertz CT molecular complexity index is 479. The molecule has 7 heteroatoms. The van der Waals surface area contributed by atoms with Crippen molar-refractivity contribution in [3.8, 4) is 0 Å². The maximum absolute atomic E-state index is 12.1. The van der Waals surface area contributed by atoms with Crippen LogP contribution < -0.4 is 16.4 Å². The molecule has 6 nitrogen and oxygen atoms in total. The SMILES string of the molecule is CCNc1ncc(Br)cc1C(=O)NCCCCC(N)=O. The third-order valence-electron chi connectivity index (χ3n) is 2.58. The topological polar surface area (TPSA) is 97.1 Å². The van der Waals surface area contributed by atoms with Gasteiger partial charge in [0, 0.05) is 30.2 Å². The van der Waals surface area contributed by atoms with Crippen molar-refractivity contribution in [1.82, 2.24) is 10.3 Å². The molecule has 1 aromatic heterocycles. The van der Waals surface area contributed by atoms with E-state index in [0.29, 0.717) is 43.7 Å². The van der Waals surface area contributed by atoms with E-state index in [1.165, 1.54) is 0 Å². The van der Waals surface area contributed by atoms with Gasteiger partial charge in [-0.05, 0) is 41.8 Å². The largest absolute Gasteiger partial charge is 0.370 e. The third kappa shape index (κ3) is 5.56. The summed E-state index contributed by atoms with van der Waals surface area (Å²) in [6, 6.07) is 1.73. The van der Waals surface area contributed by atoms with Gasteiger partial charge in [0.25, 0.3) is 5.91 Å². The van der Waals surface area contributed by atoms with Crippen LogP contribution in [0.15, 0.2) is 16.7 Å². The Hall–Kier alpha value is -1.63. The van der Waals surface area contributed by atoms with Gasteiger partial charge >= 0.3 is 0 Å². The van der Waals surface area contributed by atoms with Gasteiger partial charge in [-0.15, -0.1) is 0 Å². The lowest BCUT2D eigenvalue weighted by Crippen LogP contribution is -2.26. The molecule has 1 rings (SSSR count). The summed E-state index contributed by atoms with van der Waals surface area (Å²) < 4.78 is 0.748. The van der Waals surface area contributed by atoms with Crippen LogP contribution in [0.5, 0.6) is 0 Å². The first kappa shape index (κ1) is 16.4. The van der Waals surface area contributed by atoms with Crippen molar-refractivity contribution in [2.75, 3.05) is 18.4 Å². The van der Waals surface area contributed by atoms with Gasteiger partial charge < -0.3 is 16.4 Å². The molecule has 110 valence electrons. The second kappa shape index (κ2) is 8.52. The quantitative estimate of drug-likeness (QED) is 0.626. The number of carbonyl (C=O) groups excluding carboxylic acids is 2. The van der Waals surface area contributed by atoms with E-state index < -0.39 is 0 Å². The van der Waals surface area contributed by atoms with Crippen molar-refractivity contribution in [2.45, 2.75) is 26.2 Å². The van der Waals surface area contributed by atoms with Gasteiger partial charge in [0.15, 0.2) is 0 Å². The first-order valence-electron chi connectivity index (χ1n) is 6.50. The lowest BCUT2D eigenvalue weighted by molar-refractivity contribution is -0.118. The molecule has 0 bridgehead atoms. The highest BCUT2D eigenvalue weighted by Crippen LogP contribution is 2.17. The maximum Gasteiger partial charge on any atom is 0.255 e. The Kier molecular flexibility index (Phi) is 7.00. The normalized spacial score (nSPS) is 10.1. The van der Waals surface area contributed by atoms with Crippen molar-refractivity contribution in [2.24, 2.45) is 5.73 Å². The number of hydrogen-bond acceptors (Lipinski definition) is 4. The summed E-state index contributed by atoms with van der Waals surface area (Å²) in [5, 5.41) is 5.85. The number of anilines is 1. The Morgan fingerprint density at radius 2 is 2.15 bits per heavy atom. The molecule has 0 aliphatic heterocycles. The molecule has 0 atom stereocenters. The average Bonchev–Trinajstić information content (AvgIpc) is 2.40. The smallest absolute Gasteiger partial charge is 0.255 e. The summed E-state index contributed by atoms with van der Waals surface area (Å²) in [7, 11) is 0. The number of pyridine rings is 1. The molecule has 1 aromatic rings. The second-order valence-corrected chi connectivity index (χ2v) is 5.18. The molecule has 0 saturated carbocycles. The summed E-state index contributed by atoms with van der Waals surface area (Å²) in [4.78, 5) is 26.8. The minimum absolute atomic E-state index is 0.186. The number of halogens is 1. The summed E-state index contributed by atoms with van der Waals surface area (Å²) in [5.74, 6) is 0.0566. The summed E-state index contributed by atoms with van der Waals surface area (Å²) in [5.41, 5.74) is 5.54. The van der Waals surface area contributed by atoms with Crippen LogP contribution in [0.1, 0.15) is 36.5 Å². The molecule has 0 radical (unpaired) electrons. The van der Waals surface area contributed by atoms with Crippen LogP contribution in [-0.2, 0) is 4.79 Å². The zero-order valence-corrected chi connectivity index (χ0v) is 13.0. The summed E-state index contributed by atoms with van der Waals surface area (Å²) in [6.45, 7) is 3.13. The molecule has 0 unspecified atom stereocenters. The lowest BCUT2D eigenvalue weighted by atomic mass is 10.2. The van der Waals surface area contributed by atoms with E-state index in [9.17, 15) is 9.59 Å². The van der Waals surface area contributed by atoms with Crippen LogP contribution in [0.4, 0.5) is 5.82 Å². The summed E-state index contributed by atoms with van der Waals surface area (Å²) in [6.07, 6.45) is 3.37. The van der Waals surface area contributed by atoms with Crippen LogP contribution in [0, 0.1) is 0 Å². The van der Waals surface area contributed by atoms with E-state index in [-0.39, 0.29) is 11.8 Å². The highest BCUT2D eigenvalue weighted by molar-refractivity contribution is 9.10. The van der Waals surface area contributed by atoms with Crippen LogP contribution in [0.3, 0.4) is 0 Å². The van der Waals surface area contributed by atoms with E-state index in [1.807, 2.05) is 6.92 Å². The van der Waals surface area contributed by atoms with Gasteiger partial charge in [0.1, 0.15) is 5.82 Å². The number of rotatable bonds is 8. The zero-order chi connectivity index (χ0) is 15.0. The highest BCUT2D eigenvalue weighted by Gasteiger charge is 2.12. The minimum atomic E-state index is -0.318. The number of nitrogens with zero attached hydrogens (tertiary/aromatic N) is 1. The fourth-order valence-electron chi connectivity index (χ4n) is 1.64. The monoisotopic (exact) mass is 342 g/mol. The number of nitrogens with one attached hydrogen (secondary N) is 2. The number of carbonyl (C=O) groups is 2. The van der Waals surface area contributed by atoms with E-state index in [4.69, 9.17) is 5.73 Å². The number of hydrogen-bond donors (Lipinski definition) is 3. The van der Waals surface area contributed by atoms with Crippen LogP contribution in [0.25, 0.3) is 0 Å². The van der Waals surface area contributed by atoms with E-state index in [1.54, 1.807) is 12.3 Å². The fourth-order valence-corrected chi connectivity index (χ4v) is 1.97. The molecule has 20 heavy (non-hydrogen) atoms. The molecular weight excluding hydrogens is 324 g/mol. The van der Waals surface area contributed by atoms with Crippen LogP contribution in [0.2, 0.25) is 0 Å². The van der Waals surface area contributed by atoms with Gasteiger partial charge in [-0.2, -0.15) is 0 Å². The van der Waals surface area contributed by atoms with Crippen molar-refractivity contribution in [3.63, 3.8) is 0 Å². The van der Waals surface area contributed by atoms with E-state index in [0.717, 1.165) is 4.47 Å². The molecule has 1 heterocycles. The average molecular weight is 343 g/mol. The molecule has 0 aliphatic rings. The predicted octanol–water partition coefficient (Wildman–Crippen LogP) is 1.66. The third-order valence-corrected chi connectivity index (χ3v) is 3.01. The molecule has 4 N–H and O–H groups in total. The first-order valence-corrected chi connectivity index (χ1v) is 7.29. The second-order valence-electron chi connectivity index (χ2n) is 4.26. The van der Waals surface area contributed by atoms with Gasteiger partial charge in [-0.1, -0.05) is 0 Å². The molecule has 0 fully saturated rings. The number of nitrogens with two attached hydrogens (primary N) is 1. The molecule has 2 amide bonds. The Morgan fingerprint density at radius 3 is 2.80 bits per heavy atom. The maximum atomic E-state index is 12.1. The Labute approximate surface area is 126 Å². The Balaban J connectivity index is 2.53. The summed E-state index contributed by atoms with van der Waals surface area (Å²) >= 11 is 3.30.